The summed E-state index contributed by atoms with van der Waals surface area (Å²) in [5, 5.41) is 8.22. The number of hydrogen-bond acceptors (Lipinski definition) is 2. The Morgan fingerprint density at radius 3 is 2.18 bits per heavy atom. The van der Waals surface area contributed by atoms with Crippen LogP contribution in [0.5, 0.6) is 0 Å². The van der Waals surface area contributed by atoms with E-state index >= 15 is 0 Å². The SMILES string of the molecule is N[C@]1(C(=O)O)C[C@@H]1C(F)(F)F. The third kappa shape index (κ3) is 1.18. The fourth-order valence-electron chi connectivity index (χ4n) is 0.923. The highest BCUT2D eigenvalue weighted by molar-refractivity contribution is 5.83. The maximum atomic E-state index is 11.8. The Kier molecular flexibility index (Phi) is 1.42. The average molecular weight is 169 g/mol. The fourth-order valence-corrected chi connectivity index (χ4v) is 0.923. The van der Waals surface area contributed by atoms with Gasteiger partial charge in [0.1, 0.15) is 5.54 Å². The first kappa shape index (κ1) is 8.32. The molecule has 1 rings (SSSR count). The van der Waals surface area contributed by atoms with Crippen LogP contribution in [0, 0.1) is 5.92 Å². The van der Waals surface area contributed by atoms with E-state index in [9.17, 15) is 18.0 Å². The summed E-state index contributed by atoms with van der Waals surface area (Å²) < 4.78 is 35.3. The monoisotopic (exact) mass is 169 g/mol. The molecule has 2 atom stereocenters. The maximum Gasteiger partial charge on any atom is 0.394 e. The van der Waals surface area contributed by atoms with Gasteiger partial charge in [-0.1, -0.05) is 0 Å². The molecule has 0 aromatic carbocycles. The molecule has 3 nitrogen and oxygen atoms in total. The standard InChI is InChI=1S/C5H6F3NO2/c6-5(7,8)2-1-4(2,9)3(10)11/h2H,1,9H2,(H,10,11)/t2-,4+/m0/s1. The lowest BCUT2D eigenvalue weighted by Gasteiger charge is -2.07. The summed E-state index contributed by atoms with van der Waals surface area (Å²) in [6.45, 7) is 0. The Hall–Kier alpha value is -0.780. The van der Waals surface area contributed by atoms with E-state index in [2.05, 4.69) is 0 Å². The summed E-state index contributed by atoms with van der Waals surface area (Å²) in [5.41, 5.74) is 2.84. The highest BCUT2D eigenvalue weighted by Gasteiger charge is 2.69. The van der Waals surface area contributed by atoms with Crippen LogP contribution in [-0.4, -0.2) is 22.8 Å². The average Bonchev–Trinajstić information content (AvgIpc) is 2.41. The Morgan fingerprint density at radius 1 is 1.64 bits per heavy atom. The quantitative estimate of drug-likeness (QED) is 0.595. The van der Waals surface area contributed by atoms with Gasteiger partial charge in [0.05, 0.1) is 5.92 Å². The van der Waals surface area contributed by atoms with Crippen LogP contribution in [0.3, 0.4) is 0 Å². The second-order valence-corrected chi connectivity index (χ2v) is 2.64. The van der Waals surface area contributed by atoms with Gasteiger partial charge in [-0.05, 0) is 6.42 Å². The molecule has 3 N–H and O–H groups in total. The maximum absolute atomic E-state index is 11.8. The minimum atomic E-state index is -4.48. The number of nitrogens with two attached hydrogens (primary N) is 1. The van der Waals surface area contributed by atoms with Crippen LogP contribution in [0.4, 0.5) is 13.2 Å². The summed E-state index contributed by atoms with van der Waals surface area (Å²) in [6, 6.07) is 0. The summed E-state index contributed by atoms with van der Waals surface area (Å²) in [4.78, 5) is 10.1. The largest absolute Gasteiger partial charge is 0.480 e. The summed E-state index contributed by atoms with van der Waals surface area (Å²) >= 11 is 0. The molecule has 0 saturated heterocycles. The molecule has 0 radical (unpaired) electrons. The molecule has 1 saturated carbocycles. The molecule has 6 heteroatoms. The van der Waals surface area contributed by atoms with Crippen LogP contribution in [-0.2, 0) is 4.79 Å². The van der Waals surface area contributed by atoms with Gasteiger partial charge in [-0.3, -0.25) is 4.79 Å². The number of carbonyl (C=O) groups is 1. The van der Waals surface area contributed by atoms with Gasteiger partial charge in [0.25, 0.3) is 0 Å². The van der Waals surface area contributed by atoms with Gasteiger partial charge >= 0.3 is 12.1 Å². The highest BCUT2D eigenvalue weighted by Crippen LogP contribution is 2.51. The van der Waals surface area contributed by atoms with E-state index in [0.29, 0.717) is 0 Å². The summed E-state index contributed by atoms with van der Waals surface area (Å²) in [5.74, 6) is -3.45. The van der Waals surface area contributed by atoms with E-state index in [-0.39, 0.29) is 0 Å². The number of carboxylic acids is 1. The molecular formula is C5H6F3NO2. The molecule has 0 aliphatic heterocycles. The van der Waals surface area contributed by atoms with Crippen molar-refractivity contribution in [3.8, 4) is 0 Å². The lowest BCUT2D eigenvalue weighted by atomic mass is 10.2. The first-order valence-corrected chi connectivity index (χ1v) is 2.87. The van der Waals surface area contributed by atoms with Crippen LogP contribution in [0.2, 0.25) is 0 Å². The van der Waals surface area contributed by atoms with Gasteiger partial charge in [-0.2, -0.15) is 13.2 Å². The fraction of sp³-hybridized carbons (Fsp3) is 0.800. The second kappa shape index (κ2) is 1.88. The molecule has 0 aromatic rings. The minimum Gasteiger partial charge on any atom is -0.480 e. The van der Waals surface area contributed by atoms with E-state index in [4.69, 9.17) is 10.8 Å². The number of carboxylic acid groups (broad SMARTS) is 1. The molecule has 0 amide bonds. The molecule has 0 unspecified atom stereocenters. The van der Waals surface area contributed by atoms with E-state index in [1.165, 1.54) is 0 Å². The van der Waals surface area contributed by atoms with Crippen molar-refractivity contribution >= 4 is 5.97 Å². The number of alkyl halides is 3. The van der Waals surface area contributed by atoms with Gasteiger partial charge in [0.15, 0.2) is 0 Å². The zero-order chi connectivity index (χ0) is 8.86. The first-order valence-electron chi connectivity index (χ1n) is 2.87. The lowest BCUT2D eigenvalue weighted by Crippen LogP contribution is -2.38. The van der Waals surface area contributed by atoms with Gasteiger partial charge in [-0.15, -0.1) is 0 Å². The summed E-state index contributed by atoms with van der Waals surface area (Å²) in [6.07, 6.45) is -4.99. The Morgan fingerprint density at radius 2 is 2.09 bits per heavy atom. The van der Waals surface area contributed by atoms with Crippen LogP contribution in [0.1, 0.15) is 6.42 Å². The minimum absolute atomic E-state index is 0.508. The van der Waals surface area contributed by atoms with Crippen LogP contribution >= 0.6 is 0 Å². The van der Waals surface area contributed by atoms with Crippen molar-refractivity contribution in [3.63, 3.8) is 0 Å². The number of halogens is 3. The molecule has 0 spiro atoms. The first-order chi connectivity index (χ1) is 4.78. The Balaban J connectivity index is 2.68. The Labute approximate surface area is 60.0 Å². The molecule has 1 aliphatic carbocycles. The lowest BCUT2D eigenvalue weighted by molar-refractivity contribution is -0.161. The van der Waals surface area contributed by atoms with Crippen molar-refractivity contribution in [1.29, 1.82) is 0 Å². The zero-order valence-corrected chi connectivity index (χ0v) is 5.35. The molecule has 1 fully saturated rings. The predicted molar refractivity (Wildman–Crippen MR) is 28.7 cm³/mol. The van der Waals surface area contributed by atoms with Gasteiger partial charge in [0, 0.05) is 0 Å². The van der Waals surface area contributed by atoms with Gasteiger partial charge in [0.2, 0.25) is 0 Å². The predicted octanol–water partition coefficient (Wildman–Crippen LogP) is 0.351. The van der Waals surface area contributed by atoms with E-state index in [1.54, 1.807) is 0 Å². The van der Waals surface area contributed by atoms with E-state index in [1.807, 2.05) is 0 Å². The van der Waals surface area contributed by atoms with Gasteiger partial charge in [-0.25, -0.2) is 0 Å². The van der Waals surface area contributed by atoms with Gasteiger partial charge < -0.3 is 10.8 Å². The van der Waals surface area contributed by atoms with Crippen molar-refractivity contribution < 1.29 is 23.1 Å². The topological polar surface area (TPSA) is 63.3 Å². The number of hydrogen-bond donors (Lipinski definition) is 2. The van der Waals surface area contributed by atoms with Crippen molar-refractivity contribution in [2.45, 2.75) is 18.1 Å². The third-order valence-corrected chi connectivity index (χ3v) is 1.80. The molecule has 1 aliphatic rings. The molecule has 64 valence electrons. The van der Waals surface area contributed by atoms with E-state index in [0.717, 1.165) is 0 Å². The van der Waals surface area contributed by atoms with E-state index < -0.39 is 30.0 Å². The van der Waals surface area contributed by atoms with Crippen molar-refractivity contribution in [2.24, 2.45) is 11.7 Å². The molecule has 0 bridgehead atoms. The van der Waals surface area contributed by atoms with Crippen LogP contribution in [0.25, 0.3) is 0 Å². The van der Waals surface area contributed by atoms with Crippen molar-refractivity contribution in [3.05, 3.63) is 0 Å². The van der Waals surface area contributed by atoms with Crippen molar-refractivity contribution in [1.82, 2.24) is 0 Å². The molecule has 0 aromatic heterocycles. The Bertz CT molecular complexity index is 202. The third-order valence-electron chi connectivity index (χ3n) is 1.80. The molecule has 0 heterocycles. The second-order valence-electron chi connectivity index (χ2n) is 2.64. The van der Waals surface area contributed by atoms with Crippen LogP contribution < -0.4 is 5.73 Å². The number of rotatable bonds is 1. The molecule has 11 heavy (non-hydrogen) atoms. The van der Waals surface area contributed by atoms with Crippen molar-refractivity contribution in [2.75, 3.05) is 0 Å². The van der Waals surface area contributed by atoms with Crippen LogP contribution in [0.15, 0.2) is 0 Å². The highest BCUT2D eigenvalue weighted by atomic mass is 19.4. The normalized spacial score (nSPS) is 36.9. The summed E-state index contributed by atoms with van der Waals surface area (Å²) in [7, 11) is 0. The zero-order valence-electron chi connectivity index (χ0n) is 5.35. The number of aliphatic carboxylic acids is 1. The molecular weight excluding hydrogens is 163 g/mol. The smallest absolute Gasteiger partial charge is 0.394 e.